The second-order valence-corrected chi connectivity index (χ2v) is 2.80. The highest BCUT2D eigenvalue weighted by atomic mass is 16.5. The number of ether oxygens (including phenoxy) is 2. The molecule has 0 aliphatic carbocycles. The number of hydrogen-bond donors (Lipinski definition) is 0. The molecule has 0 radical (unpaired) electrons. The van der Waals surface area contributed by atoms with E-state index in [0.29, 0.717) is 0 Å². The van der Waals surface area contributed by atoms with Crippen LogP contribution in [0, 0.1) is 5.92 Å². The van der Waals surface area contributed by atoms with Crippen molar-refractivity contribution < 1.29 is 23.9 Å². The molecular weight excluding hydrogens is 188 g/mol. The lowest BCUT2D eigenvalue weighted by atomic mass is 9.99. The summed E-state index contributed by atoms with van der Waals surface area (Å²) >= 11 is 0. The van der Waals surface area contributed by atoms with Gasteiger partial charge in [-0.1, -0.05) is 0 Å². The van der Waals surface area contributed by atoms with E-state index in [4.69, 9.17) is 0 Å². The maximum absolute atomic E-state index is 11.1. The molecule has 0 bridgehead atoms. The van der Waals surface area contributed by atoms with Gasteiger partial charge in [0.05, 0.1) is 14.2 Å². The van der Waals surface area contributed by atoms with Crippen molar-refractivity contribution >= 4 is 17.7 Å². The van der Waals surface area contributed by atoms with Gasteiger partial charge in [0, 0.05) is 6.42 Å². The molecule has 14 heavy (non-hydrogen) atoms. The number of carbonyl (C=O) groups excluding carboxylic acids is 3. The molecule has 0 spiro atoms. The smallest absolute Gasteiger partial charge is 0.316 e. The third-order valence-corrected chi connectivity index (χ3v) is 1.84. The fourth-order valence-electron chi connectivity index (χ4n) is 0.994. The first kappa shape index (κ1) is 12.6. The SMILES string of the molecule is COC(=O)CC[C@H](C(C)=O)C(=O)OC. The lowest BCUT2D eigenvalue weighted by Crippen LogP contribution is -2.24. The van der Waals surface area contributed by atoms with Crippen LogP contribution in [-0.2, 0) is 23.9 Å². The predicted molar refractivity (Wildman–Crippen MR) is 47.4 cm³/mol. The molecular formula is C9H14O5. The van der Waals surface area contributed by atoms with Crippen LogP contribution in [-0.4, -0.2) is 31.9 Å². The van der Waals surface area contributed by atoms with E-state index in [1.807, 2.05) is 0 Å². The molecule has 0 aromatic rings. The van der Waals surface area contributed by atoms with Crippen LogP contribution in [0.3, 0.4) is 0 Å². The van der Waals surface area contributed by atoms with E-state index < -0.39 is 17.9 Å². The van der Waals surface area contributed by atoms with Crippen LogP contribution in [0.4, 0.5) is 0 Å². The summed E-state index contributed by atoms with van der Waals surface area (Å²) in [5.74, 6) is -2.22. The summed E-state index contributed by atoms with van der Waals surface area (Å²) in [5.41, 5.74) is 0. The molecule has 0 fully saturated rings. The summed E-state index contributed by atoms with van der Waals surface area (Å²) in [6.45, 7) is 1.29. The van der Waals surface area contributed by atoms with Crippen molar-refractivity contribution in [2.24, 2.45) is 5.92 Å². The zero-order valence-electron chi connectivity index (χ0n) is 8.53. The topological polar surface area (TPSA) is 69.7 Å². The first-order valence-corrected chi connectivity index (χ1v) is 4.18. The zero-order valence-corrected chi connectivity index (χ0v) is 8.53. The van der Waals surface area contributed by atoms with E-state index in [2.05, 4.69) is 9.47 Å². The summed E-state index contributed by atoms with van der Waals surface area (Å²) < 4.78 is 8.82. The van der Waals surface area contributed by atoms with Gasteiger partial charge >= 0.3 is 11.9 Å². The highest BCUT2D eigenvalue weighted by Gasteiger charge is 2.24. The van der Waals surface area contributed by atoms with Gasteiger partial charge in [-0.2, -0.15) is 0 Å². The van der Waals surface area contributed by atoms with Gasteiger partial charge in [-0.05, 0) is 13.3 Å². The maximum Gasteiger partial charge on any atom is 0.316 e. The molecule has 0 saturated heterocycles. The summed E-state index contributed by atoms with van der Waals surface area (Å²) in [6, 6.07) is 0. The Morgan fingerprint density at radius 2 is 1.71 bits per heavy atom. The minimum atomic E-state index is -0.862. The lowest BCUT2D eigenvalue weighted by molar-refractivity contribution is -0.149. The van der Waals surface area contributed by atoms with Crippen molar-refractivity contribution in [3.8, 4) is 0 Å². The number of esters is 2. The van der Waals surface area contributed by atoms with E-state index in [0.717, 1.165) is 0 Å². The van der Waals surface area contributed by atoms with Crippen molar-refractivity contribution in [2.45, 2.75) is 19.8 Å². The Hall–Kier alpha value is -1.39. The van der Waals surface area contributed by atoms with Crippen molar-refractivity contribution in [3.63, 3.8) is 0 Å². The average Bonchev–Trinajstić information content (AvgIpc) is 2.16. The molecule has 5 nitrogen and oxygen atoms in total. The highest BCUT2D eigenvalue weighted by Crippen LogP contribution is 2.10. The van der Waals surface area contributed by atoms with Crippen LogP contribution < -0.4 is 0 Å². The summed E-state index contributed by atoms with van der Waals surface area (Å²) in [5, 5.41) is 0. The molecule has 0 heterocycles. The Morgan fingerprint density at radius 1 is 1.14 bits per heavy atom. The number of hydrogen-bond acceptors (Lipinski definition) is 5. The van der Waals surface area contributed by atoms with Gasteiger partial charge in [0.1, 0.15) is 11.7 Å². The van der Waals surface area contributed by atoms with Crippen molar-refractivity contribution in [1.82, 2.24) is 0 Å². The Morgan fingerprint density at radius 3 is 2.07 bits per heavy atom. The minimum Gasteiger partial charge on any atom is -0.469 e. The quantitative estimate of drug-likeness (QED) is 0.474. The normalized spacial score (nSPS) is 11.6. The molecule has 0 aliphatic rings. The molecule has 5 heteroatoms. The van der Waals surface area contributed by atoms with Gasteiger partial charge in [0.2, 0.25) is 0 Å². The Kier molecular flexibility index (Phi) is 5.52. The average molecular weight is 202 g/mol. The first-order valence-electron chi connectivity index (χ1n) is 4.18. The van der Waals surface area contributed by atoms with Crippen LogP contribution in [0.1, 0.15) is 19.8 Å². The third-order valence-electron chi connectivity index (χ3n) is 1.84. The van der Waals surface area contributed by atoms with Crippen LogP contribution in [0.25, 0.3) is 0 Å². The van der Waals surface area contributed by atoms with Gasteiger partial charge in [-0.25, -0.2) is 0 Å². The fourth-order valence-corrected chi connectivity index (χ4v) is 0.994. The number of methoxy groups -OCH3 is 2. The zero-order chi connectivity index (χ0) is 11.1. The van der Waals surface area contributed by atoms with Gasteiger partial charge in [0.25, 0.3) is 0 Å². The van der Waals surface area contributed by atoms with Gasteiger partial charge in [0.15, 0.2) is 0 Å². The standard InChI is InChI=1S/C9H14O5/c1-6(10)7(9(12)14-3)4-5-8(11)13-2/h7H,4-5H2,1-3H3/t7-/m1/s1. The third kappa shape index (κ3) is 4.02. The number of rotatable bonds is 5. The van der Waals surface area contributed by atoms with E-state index in [9.17, 15) is 14.4 Å². The van der Waals surface area contributed by atoms with Gasteiger partial charge in [-0.15, -0.1) is 0 Å². The van der Waals surface area contributed by atoms with Crippen LogP contribution in [0.5, 0.6) is 0 Å². The number of carbonyl (C=O) groups is 3. The molecule has 80 valence electrons. The van der Waals surface area contributed by atoms with Gasteiger partial charge in [-0.3, -0.25) is 14.4 Å². The summed E-state index contributed by atoms with van der Waals surface area (Å²) in [7, 11) is 2.46. The molecule has 0 N–H and O–H groups in total. The molecule has 0 aliphatic heterocycles. The van der Waals surface area contributed by atoms with Crippen LogP contribution in [0.2, 0.25) is 0 Å². The Labute approximate surface area is 82.4 Å². The number of Topliss-reactive ketones (excluding diaryl/α,β-unsaturated/α-hetero) is 1. The van der Waals surface area contributed by atoms with E-state index in [1.165, 1.54) is 21.1 Å². The Bertz CT molecular complexity index is 233. The van der Waals surface area contributed by atoms with E-state index in [1.54, 1.807) is 0 Å². The second kappa shape index (κ2) is 6.12. The number of ketones is 1. The first-order chi connectivity index (χ1) is 6.52. The molecule has 1 atom stereocenters. The summed E-state index contributed by atoms with van der Waals surface area (Å²) in [6.07, 6.45) is 0.171. The Balaban J connectivity index is 4.18. The molecule has 0 aromatic heterocycles. The largest absolute Gasteiger partial charge is 0.469 e. The second-order valence-electron chi connectivity index (χ2n) is 2.80. The molecule has 0 unspecified atom stereocenters. The highest BCUT2D eigenvalue weighted by molar-refractivity contribution is 5.97. The molecule has 0 amide bonds. The monoisotopic (exact) mass is 202 g/mol. The van der Waals surface area contributed by atoms with Crippen molar-refractivity contribution in [3.05, 3.63) is 0 Å². The van der Waals surface area contributed by atoms with Crippen molar-refractivity contribution in [1.29, 1.82) is 0 Å². The van der Waals surface area contributed by atoms with Gasteiger partial charge < -0.3 is 9.47 Å². The van der Waals surface area contributed by atoms with Crippen molar-refractivity contribution in [2.75, 3.05) is 14.2 Å². The predicted octanol–water partition coefficient (Wildman–Crippen LogP) is 0.318. The van der Waals surface area contributed by atoms with Crippen LogP contribution >= 0.6 is 0 Å². The lowest BCUT2D eigenvalue weighted by Gasteiger charge is -2.09. The van der Waals surface area contributed by atoms with E-state index >= 15 is 0 Å². The van der Waals surface area contributed by atoms with Crippen LogP contribution in [0.15, 0.2) is 0 Å². The molecule has 0 rings (SSSR count). The summed E-state index contributed by atoms with van der Waals surface area (Å²) in [4.78, 5) is 32.8. The fraction of sp³-hybridized carbons (Fsp3) is 0.667. The maximum atomic E-state index is 11.1. The molecule has 0 aromatic carbocycles. The molecule has 0 saturated carbocycles. The van der Waals surface area contributed by atoms with E-state index in [-0.39, 0.29) is 18.6 Å². The minimum absolute atomic E-state index is 0.0375.